The van der Waals surface area contributed by atoms with Crippen LogP contribution in [-0.4, -0.2) is 83.7 Å². The van der Waals surface area contributed by atoms with Crippen molar-refractivity contribution in [1.29, 1.82) is 0 Å². The Morgan fingerprint density at radius 2 is 1.60 bits per heavy atom. The molecule has 288 valence electrons. The molecule has 55 heavy (non-hydrogen) atoms. The molecular weight excluding hydrogens is 701 g/mol. The zero-order valence-electron chi connectivity index (χ0n) is 31.8. The number of carbonyl (C=O) groups is 3. The average molecular weight is 749 g/mol. The van der Waals surface area contributed by atoms with Crippen LogP contribution in [-0.2, 0) is 19.7 Å². The van der Waals surface area contributed by atoms with Crippen molar-refractivity contribution in [1.82, 2.24) is 25.0 Å². The number of ether oxygens (including phenoxy) is 3. The van der Waals surface area contributed by atoms with Crippen LogP contribution in [0.25, 0.3) is 16.5 Å². The van der Waals surface area contributed by atoms with E-state index in [0.717, 1.165) is 27.7 Å². The van der Waals surface area contributed by atoms with Crippen LogP contribution in [0, 0.1) is 6.92 Å². The first-order chi connectivity index (χ1) is 26.5. The SMILES string of the molecule is COCCOCC(=O)N1CCC(NC(=O)Nc2cc(Oc3ccc(NC(=O)Nc4cc(C(C)(C)C)nn4-c4ccc(C)cc4)c4ccccc34)ccn2)CC1. The Kier molecular flexibility index (Phi) is 12.3. The topological polar surface area (TPSA) is 161 Å². The van der Waals surface area contributed by atoms with Crippen molar-refractivity contribution in [2.45, 2.75) is 52.0 Å². The molecule has 4 N–H and O–H groups in total. The fraction of sp³-hybridized carbons (Fsp3) is 0.341. The van der Waals surface area contributed by atoms with Crippen molar-refractivity contribution < 1.29 is 28.6 Å². The predicted molar refractivity (Wildman–Crippen MR) is 212 cm³/mol. The number of hydrogen-bond acceptors (Lipinski definition) is 8. The van der Waals surface area contributed by atoms with Crippen LogP contribution in [0.2, 0.25) is 0 Å². The van der Waals surface area contributed by atoms with Crippen LogP contribution < -0.4 is 26.0 Å². The summed E-state index contributed by atoms with van der Waals surface area (Å²) in [5.41, 5.74) is 3.18. The first kappa shape index (κ1) is 38.7. The molecule has 5 amide bonds. The van der Waals surface area contributed by atoms with Gasteiger partial charge < -0.3 is 29.7 Å². The maximum absolute atomic E-state index is 13.5. The minimum absolute atomic E-state index is 0.0156. The van der Waals surface area contributed by atoms with Gasteiger partial charge in [-0.2, -0.15) is 5.10 Å². The van der Waals surface area contributed by atoms with Gasteiger partial charge in [0.05, 0.1) is 30.3 Å². The molecule has 0 atom stereocenters. The first-order valence-electron chi connectivity index (χ1n) is 18.3. The molecule has 0 bridgehead atoms. The summed E-state index contributed by atoms with van der Waals surface area (Å²) in [6.45, 7) is 10.1. The summed E-state index contributed by atoms with van der Waals surface area (Å²) in [5.74, 6) is 1.81. The molecule has 0 aliphatic carbocycles. The lowest BCUT2D eigenvalue weighted by Gasteiger charge is -2.32. The molecule has 3 heterocycles. The molecule has 14 nitrogen and oxygen atoms in total. The van der Waals surface area contributed by atoms with Crippen molar-refractivity contribution in [2.75, 3.05) is 56.0 Å². The molecule has 1 aliphatic rings. The zero-order valence-corrected chi connectivity index (χ0v) is 31.8. The molecule has 3 aromatic carbocycles. The second-order valence-corrected chi connectivity index (χ2v) is 14.4. The van der Waals surface area contributed by atoms with Gasteiger partial charge >= 0.3 is 12.1 Å². The van der Waals surface area contributed by atoms with Gasteiger partial charge in [0.25, 0.3) is 0 Å². The maximum Gasteiger partial charge on any atom is 0.324 e. The fourth-order valence-corrected chi connectivity index (χ4v) is 6.13. The van der Waals surface area contributed by atoms with Gasteiger partial charge in [-0.3, -0.25) is 15.4 Å². The highest BCUT2D eigenvalue weighted by Crippen LogP contribution is 2.35. The van der Waals surface area contributed by atoms with E-state index in [9.17, 15) is 14.4 Å². The third-order valence-electron chi connectivity index (χ3n) is 9.17. The standard InChI is InChI=1S/C41H48N8O6/c1-27-10-12-29(13-11-27)49-37(25-35(47-49)41(2,3)4)46-40(52)44-33-14-15-34(32-9-7-6-8-31(32)33)55-30-16-19-42-36(24-30)45-39(51)43-28-17-20-48(21-18-28)38(50)26-54-23-22-53-5/h6-16,19,24-25,28H,17-18,20-23,26H2,1-5H3,(H2,44,46,52)(H2,42,43,45,51). The van der Waals surface area contributed by atoms with Gasteiger partial charge in [-0.05, 0) is 50.1 Å². The molecular formula is C41H48N8O6. The largest absolute Gasteiger partial charge is 0.457 e. The molecule has 1 aliphatic heterocycles. The number of likely N-dealkylation sites (tertiary alicyclic amines) is 1. The van der Waals surface area contributed by atoms with E-state index in [0.29, 0.717) is 68.0 Å². The van der Waals surface area contributed by atoms with E-state index in [4.69, 9.17) is 19.3 Å². The summed E-state index contributed by atoms with van der Waals surface area (Å²) in [5, 5.41) is 18.1. The monoisotopic (exact) mass is 748 g/mol. The van der Waals surface area contributed by atoms with E-state index >= 15 is 0 Å². The van der Waals surface area contributed by atoms with Gasteiger partial charge in [0.2, 0.25) is 5.91 Å². The van der Waals surface area contributed by atoms with E-state index in [2.05, 4.69) is 47.0 Å². The lowest BCUT2D eigenvalue weighted by molar-refractivity contribution is -0.137. The Morgan fingerprint density at radius 3 is 2.33 bits per heavy atom. The second kappa shape index (κ2) is 17.4. The number of nitrogens with zero attached hydrogens (tertiary/aromatic N) is 4. The number of urea groups is 2. The minimum atomic E-state index is -0.418. The number of rotatable bonds is 12. The van der Waals surface area contributed by atoms with E-state index in [1.54, 1.807) is 47.2 Å². The van der Waals surface area contributed by atoms with Crippen LogP contribution in [0.4, 0.5) is 26.9 Å². The lowest BCUT2D eigenvalue weighted by atomic mass is 9.92. The number of fused-ring (bicyclic) bond motifs is 1. The molecule has 2 aromatic heterocycles. The number of aryl methyl sites for hydroxylation is 1. The number of nitrogens with one attached hydrogen (secondary N) is 4. The van der Waals surface area contributed by atoms with Crippen molar-refractivity contribution in [3.05, 3.63) is 96.3 Å². The third-order valence-corrected chi connectivity index (χ3v) is 9.17. The summed E-state index contributed by atoms with van der Waals surface area (Å²) in [4.78, 5) is 44.8. The molecule has 14 heteroatoms. The number of anilines is 3. The second-order valence-electron chi connectivity index (χ2n) is 14.4. The third kappa shape index (κ3) is 10.2. The fourth-order valence-electron chi connectivity index (χ4n) is 6.13. The molecule has 1 fully saturated rings. The molecule has 0 radical (unpaired) electrons. The first-order valence-corrected chi connectivity index (χ1v) is 18.3. The molecule has 0 spiro atoms. The van der Waals surface area contributed by atoms with Crippen LogP contribution in [0.1, 0.15) is 44.9 Å². The number of carbonyl (C=O) groups excluding carboxylic acids is 3. The van der Waals surface area contributed by atoms with Crippen LogP contribution >= 0.6 is 0 Å². The van der Waals surface area contributed by atoms with Gasteiger partial charge in [-0.15, -0.1) is 0 Å². The van der Waals surface area contributed by atoms with E-state index in [1.165, 1.54) is 0 Å². The van der Waals surface area contributed by atoms with E-state index in [1.807, 2.05) is 61.5 Å². The Labute approximate surface area is 320 Å². The normalized spacial score (nSPS) is 13.4. The molecule has 1 saturated heterocycles. The Morgan fingerprint density at radius 1 is 0.855 bits per heavy atom. The summed E-state index contributed by atoms with van der Waals surface area (Å²) in [6, 6.07) is 23.5. The molecule has 0 unspecified atom stereocenters. The maximum atomic E-state index is 13.5. The lowest BCUT2D eigenvalue weighted by Crippen LogP contribution is -2.48. The summed E-state index contributed by atoms with van der Waals surface area (Å²) < 4.78 is 18.3. The summed E-state index contributed by atoms with van der Waals surface area (Å²) in [7, 11) is 1.58. The molecule has 5 aromatic rings. The Hall–Kier alpha value is -5.99. The predicted octanol–water partition coefficient (Wildman–Crippen LogP) is 7.24. The van der Waals surface area contributed by atoms with Gasteiger partial charge in [0.1, 0.15) is 29.7 Å². The van der Waals surface area contributed by atoms with Crippen molar-refractivity contribution in [3.8, 4) is 17.2 Å². The number of benzene rings is 3. The highest BCUT2D eigenvalue weighted by molar-refractivity contribution is 6.07. The number of hydrogen-bond donors (Lipinski definition) is 4. The van der Waals surface area contributed by atoms with E-state index < -0.39 is 12.1 Å². The van der Waals surface area contributed by atoms with Gasteiger partial charge in [-0.1, -0.05) is 62.7 Å². The zero-order chi connectivity index (χ0) is 39.0. The van der Waals surface area contributed by atoms with Gasteiger partial charge in [-0.25, -0.2) is 19.3 Å². The van der Waals surface area contributed by atoms with Crippen molar-refractivity contribution in [3.63, 3.8) is 0 Å². The van der Waals surface area contributed by atoms with E-state index in [-0.39, 0.29) is 24.0 Å². The Balaban J connectivity index is 1.08. The Bertz CT molecular complexity index is 2120. The van der Waals surface area contributed by atoms with Gasteiger partial charge in [0.15, 0.2) is 0 Å². The number of pyridine rings is 1. The summed E-state index contributed by atoms with van der Waals surface area (Å²) >= 11 is 0. The number of piperidine rings is 1. The number of amides is 5. The highest BCUT2D eigenvalue weighted by Gasteiger charge is 2.25. The summed E-state index contributed by atoms with van der Waals surface area (Å²) in [6.07, 6.45) is 2.81. The highest BCUT2D eigenvalue weighted by atomic mass is 16.5. The average Bonchev–Trinajstić information content (AvgIpc) is 3.59. The minimum Gasteiger partial charge on any atom is -0.457 e. The molecule has 0 saturated carbocycles. The smallest absolute Gasteiger partial charge is 0.324 e. The van der Waals surface area contributed by atoms with Crippen molar-refractivity contribution in [2.24, 2.45) is 0 Å². The van der Waals surface area contributed by atoms with Crippen LogP contribution in [0.15, 0.2) is 85.1 Å². The number of aromatic nitrogens is 3. The quantitative estimate of drug-likeness (QED) is 0.0972. The number of methoxy groups -OCH3 is 1. The van der Waals surface area contributed by atoms with Crippen LogP contribution in [0.5, 0.6) is 11.5 Å². The molecule has 6 rings (SSSR count). The van der Waals surface area contributed by atoms with Crippen molar-refractivity contribution >= 4 is 46.1 Å². The van der Waals surface area contributed by atoms with Crippen LogP contribution in [0.3, 0.4) is 0 Å². The van der Waals surface area contributed by atoms with Gasteiger partial charge in [0, 0.05) is 60.8 Å².